The lowest BCUT2D eigenvalue weighted by atomic mass is 10.0. The van der Waals surface area contributed by atoms with E-state index in [-0.39, 0.29) is 0 Å². The van der Waals surface area contributed by atoms with Gasteiger partial charge in [0.05, 0.1) is 6.61 Å². The summed E-state index contributed by atoms with van der Waals surface area (Å²) in [5, 5.41) is 0. The van der Waals surface area contributed by atoms with Crippen molar-refractivity contribution in [3.05, 3.63) is 35.7 Å². The summed E-state index contributed by atoms with van der Waals surface area (Å²) in [5.74, 6) is 2.41. The molecule has 1 aliphatic rings. The van der Waals surface area contributed by atoms with E-state index in [4.69, 9.17) is 15.5 Å². The van der Waals surface area contributed by atoms with Crippen LogP contribution in [0.1, 0.15) is 37.1 Å². The first-order chi connectivity index (χ1) is 9.70. The van der Waals surface area contributed by atoms with Crippen molar-refractivity contribution >= 4 is 5.82 Å². The molecular formula is C16H21N3O. The van der Waals surface area contributed by atoms with Gasteiger partial charge in [-0.05, 0) is 24.5 Å². The minimum atomic E-state index is 0.488. The predicted molar refractivity (Wildman–Crippen MR) is 80.4 cm³/mol. The van der Waals surface area contributed by atoms with Crippen LogP contribution in [0.3, 0.4) is 0 Å². The van der Waals surface area contributed by atoms with Gasteiger partial charge in [-0.25, -0.2) is 4.98 Å². The number of nitrogens with two attached hydrogens (primary N) is 1. The number of ether oxygens (including phenoxy) is 1. The Labute approximate surface area is 119 Å². The Morgan fingerprint density at radius 2 is 2.30 bits per heavy atom. The normalized spacial score (nSPS) is 18.0. The summed E-state index contributed by atoms with van der Waals surface area (Å²) in [6.07, 6.45) is 2.37. The van der Waals surface area contributed by atoms with Gasteiger partial charge in [0, 0.05) is 25.1 Å². The van der Waals surface area contributed by atoms with Crippen LogP contribution in [-0.4, -0.2) is 16.7 Å². The van der Waals surface area contributed by atoms with Crippen molar-refractivity contribution < 1.29 is 4.74 Å². The number of imidazole rings is 1. The van der Waals surface area contributed by atoms with Crippen molar-refractivity contribution in [2.75, 3.05) is 12.8 Å². The molecule has 1 aromatic heterocycles. The molecule has 1 unspecified atom stereocenters. The van der Waals surface area contributed by atoms with Crippen LogP contribution in [0.25, 0.3) is 11.3 Å². The van der Waals surface area contributed by atoms with E-state index < -0.39 is 0 Å². The number of hydrogen-bond donors (Lipinski definition) is 1. The second-order valence-electron chi connectivity index (χ2n) is 5.53. The molecule has 2 aromatic rings. The van der Waals surface area contributed by atoms with E-state index >= 15 is 0 Å². The highest BCUT2D eigenvalue weighted by atomic mass is 16.5. The number of methoxy groups -OCH3 is 1. The SMILES string of the molecule is COCc1cccc(-c2nc3n(c2N)CCCC3C)c1. The van der Waals surface area contributed by atoms with Crippen molar-refractivity contribution in [2.45, 2.75) is 38.8 Å². The average Bonchev–Trinajstić information content (AvgIpc) is 2.79. The largest absolute Gasteiger partial charge is 0.383 e. The van der Waals surface area contributed by atoms with Crippen LogP contribution in [0.5, 0.6) is 0 Å². The third-order valence-electron chi connectivity index (χ3n) is 4.01. The van der Waals surface area contributed by atoms with Crippen molar-refractivity contribution in [2.24, 2.45) is 0 Å². The zero-order valence-corrected chi connectivity index (χ0v) is 12.1. The number of aromatic nitrogens is 2. The molecule has 4 nitrogen and oxygen atoms in total. The summed E-state index contributed by atoms with van der Waals surface area (Å²) >= 11 is 0. The van der Waals surface area contributed by atoms with Crippen molar-refractivity contribution in [1.29, 1.82) is 0 Å². The van der Waals surface area contributed by atoms with E-state index in [9.17, 15) is 0 Å². The fraction of sp³-hybridized carbons (Fsp3) is 0.438. The topological polar surface area (TPSA) is 53.1 Å². The van der Waals surface area contributed by atoms with Gasteiger partial charge in [0.1, 0.15) is 17.3 Å². The van der Waals surface area contributed by atoms with E-state index in [2.05, 4.69) is 29.7 Å². The second-order valence-corrected chi connectivity index (χ2v) is 5.53. The minimum Gasteiger partial charge on any atom is -0.383 e. The maximum Gasteiger partial charge on any atom is 0.131 e. The van der Waals surface area contributed by atoms with E-state index in [1.807, 2.05) is 6.07 Å². The van der Waals surface area contributed by atoms with Crippen LogP contribution in [0, 0.1) is 0 Å². The molecule has 0 bridgehead atoms. The van der Waals surface area contributed by atoms with Crippen LogP contribution < -0.4 is 5.73 Å². The molecule has 1 atom stereocenters. The Kier molecular flexibility index (Phi) is 3.49. The molecule has 4 heteroatoms. The summed E-state index contributed by atoms with van der Waals surface area (Å²) in [6, 6.07) is 8.26. The lowest BCUT2D eigenvalue weighted by molar-refractivity contribution is 0.185. The van der Waals surface area contributed by atoms with Crippen molar-refractivity contribution in [3.8, 4) is 11.3 Å². The average molecular weight is 271 g/mol. The number of nitrogen functional groups attached to an aromatic ring is 1. The molecule has 0 fully saturated rings. The lowest BCUT2D eigenvalue weighted by Crippen LogP contribution is -2.15. The summed E-state index contributed by atoms with van der Waals surface area (Å²) in [6.45, 7) is 3.82. The van der Waals surface area contributed by atoms with Gasteiger partial charge in [-0.3, -0.25) is 0 Å². The zero-order chi connectivity index (χ0) is 14.1. The van der Waals surface area contributed by atoms with Crippen LogP contribution in [0.15, 0.2) is 24.3 Å². The molecule has 2 heterocycles. The Hall–Kier alpha value is -1.81. The highest BCUT2D eigenvalue weighted by molar-refractivity contribution is 5.71. The summed E-state index contributed by atoms with van der Waals surface area (Å²) < 4.78 is 7.36. The van der Waals surface area contributed by atoms with Crippen molar-refractivity contribution in [3.63, 3.8) is 0 Å². The standard InChI is InChI=1S/C16H21N3O/c1-11-5-4-8-19-15(17)14(18-16(11)19)13-7-3-6-12(9-13)10-20-2/h3,6-7,9,11H,4-5,8,10,17H2,1-2H3. The van der Waals surface area contributed by atoms with Gasteiger partial charge < -0.3 is 15.0 Å². The van der Waals surface area contributed by atoms with E-state index in [1.165, 1.54) is 12.8 Å². The third-order valence-corrected chi connectivity index (χ3v) is 4.01. The molecule has 1 aromatic carbocycles. The third kappa shape index (κ3) is 2.20. The van der Waals surface area contributed by atoms with E-state index in [0.29, 0.717) is 12.5 Å². The number of nitrogens with zero attached hydrogens (tertiary/aromatic N) is 2. The highest BCUT2D eigenvalue weighted by Gasteiger charge is 2.23. The quantitative estimate of drug-likeness (QED) is 0.932. The monoisotopic (exact) mass is 271 g/mol. The van der Waals surface area contributed by atoms with Gasteiger partial charge >= 0.3 is 0 Å². The Balaban J connectivity index is 2.04. The number of rotatable bonds is 3. The van der Waals surface area contributed by atoms with Gasteiger partial charge in [-0.2, -0.15) is 0 Å². The van der Waals surface area contributed by atoms with Crippen molar-refractivity contribution in [1.82, 2.24) is 9.55 Å². The molecule has 0 amide bonds. The van der Waals surface area contributed by atoms with Crippen LogP contribution in [-0.2, 0) is 17.9 Å². The molecule has 106 valence electrons. The molecule has 0 aliphatic carbocycles. The molecule has 3 rings (SSSR count). The summed E-state index contributed by atoms with van der Waals surface area (Å²) in [4.78, 5) is 4.80. The molecule has 0 saturated carbocycles. The summed E-state index contributed by atoms with van der Waals surface area (Å²) in [5.41, 5.74) is 9.44. The van der Waals surface area contributed by atoms with Gasteiger partial charge in [0.2, 0.25) is 0 Å². The number of benzene rings is 1. The highest BCUT2D eigenvalue weighted by Crippen LogP contribution is 2.34. The summed E-state index contributed by atoms with van der Waals surface area (Å²) in [7, 11) is 1.71. The fourth-order valence-electron chi connectivity index (χ4n) is 2.97. The maximum absolute atomic E-state index is 6.31. The van der Waals surface area contributed by atoms with Crippen LogP contribution in [0.4, 0.5) is 5.82 Å². The molecule has 0 spiro atoms. The second kappa shape index (κ2) is 5.29. The van der Waals surface area contributed by atoms with Gasteiger partial charge in [0.25, 0.3) is 0 Å². The maximum atomic E-state index is 6.31. The Morgan fingerprint density at radius 1 is 1.45 bits per heavy atom. The predicted octanol–water partition coefficient (Wildman–Crippen LogP) is 3.18. The molecule has 20 heavy (non-hydrogen) atoms. The zero-order valence-electron chi connectivity index (χ0n) is 12.1. The van der Waals surface area contributed by atoms with Crippen LogP contribution in [0.2, 0.25) is 0 Å². The van der Waals surface area contributed by atoms with E-state index in [0.717, 1.165) is 35.0 Å². The van der Waals surface area contributed by atoms with Gasteiger partial charge in [0.15, 0.2) is 0 Å². The first kappa shape index (κ1) is 13.2. The molecule has 0 radical (unpaired) electrons. The first-order valence-corrected chi connectivity index (χ1v) is 7.15. The molecule has 2 N–H and O–H groups in total. The molecule has 0 saturated heterocycles. The number of hydrogen-bond acceptors (Lipinski definition) is 3. The smallest absolute Gasteiger partial charge is 0.131 e. The minimum absolute atomic E-state index is 0.488. The molecular weight excluding hydrogens is 250 g/mol. The number of anilines is 1. The van der Waals surface area contributed by atoms with Gasteiger partial charge in [-0.1, -0.05) is 25.1 Å². The van der Waals surface area contributed by atoms with E-state index in [1.54, 1.807) is 7.11 Å². The first-order valence-electron chi connectivity index (χ1n) is 7.15. The van der Waals surface area contributed by atoms with Crippen LogP contribution >= 0.6 is 0 Å². The number of fused-ring (bicyclic) bond motifs is 1. The molecule has 1 aliphatic heterocycles. The Bertz CT molecular complexity index is 618. The lowest BCUT2D eigenvalue weighted by Gasteiger charge is -2.20. The van der Waals surface area contributed by atoms with Gasteiger partial charge in [-0.15, -0.1) is 0 Å². The fourth-order valence-corrected chi connectivity index (χ4v) is 2.97. The Morgan fingerprint density at radius 3 is 3.05 bits per heavy atom.